The van der Waals surface area contributed by atoms with Gasteiger partial charge in [-0.2, -0.15) is 0 Å². The molecule has 0 aliphatic heterocycles. The second kappa shape index (κ2) is 10.3. The van der Waals surface area contributed by atoms with Crippen molar-refractivity contribution in [3.05, 3.63) is 101 Å². The first kappa shape index (κ1) is 21.2. The van der Waals surface area contributed by atoms with E-state index in [4.69, 9.17) is 11.1 Å². The normalized spacial score (nSPS) is 11.0. The Balaban J connectivity index is 1.58. The number of hydrogen-bond acceptors (Lipinski definition) is 3. The van der Waals surface area contributed by atoms with E-state index in [0.717, 1.165) is 12.1 Å². The molecule has 0 fully saturated rings. The molecule has 0 heterocycles. The SMILES string of the molecule is Nc1cc(F)c(NCCNCc2ccccc2)cc1C(=[NH2+])/C=C/c1ccc(F)cc1. The van der Waals surface area contributed by atoms with E-state index in [9.17, 15) is 8.78 Å². The van der Waals surface area contributed by atoms with Crippen molar-refractivity contribution in [2.45, 2.75) is 6.54 Å². The Kier molecular flexibility index (Phi) is 7.29. The summed E-state index contributed by atoms with van der Waals surface area (Å²) in [5, 5.41) is 12.5. The monoisotopic (exact) mass is 407 g/mol. The summed E-state index contributed by atoms with van der Waals surface area (Å²) in [6, 6.07) is 18.9. The second-order valence-corrected chi connectivity index (χ2v) is 6.85. The molecule has 30 heavy (non-hydrogen) atoms. The summed E-state index contributed by atoms with van der Waals surface area (Å²) in [5.74, 6) is -0.740. The minimum Gasteiger partial charge on any atom is -0.398 e. The van der Waals surface area contributed by atoms with Crippen LogP contribution < -0.4 is 21.8 Å². The summed E-state index contributed by atoms with van der Waals surface area (Å²) in [6.45, 7) is 1.95. The standard InChI is InChI=1S/C24H24F2N4/c25-19-9-6-17(7-10-19)8-11-22(27)20-14-24(21(26)15-23(20)28)30-13-12-29-16-18-4-2-1-3-5-18/h1-11,14-15,27,29-30H,12-13,16,28H2/p+1/b11-8+,27-22?. The van der Waals surface area contributed by atoms with E-state index < -0.39 is 5.82 Å². The number of allylic oxidation sites excluding steroid dienone is 1. The van der Waals surface area contributed by atoms with Crippen LogP contribution in [0.5, 0.6) is 0 Å². The number of halogens is 2. The Bertz CT molecular complexity index is 1020. The van der Waals surface area contributed by atoms with Crippen molar-refractivity contribution in [1.82, 2.24) is 5.32 Å². The molecule has 3 rings (SSSR count). The summed E-state index contributed by atoms with van der Waals surface area (Å²) in [6.07, 6.45) is 3.42. The Labute approximate surface area is 175 Å². The van der Waals surface area contributed by atoms with Gasteiger partial charge in [0.2, 0.25) is 5.71 Å². The Morgan fingerprint density at radius 2 is 1.70 bits per heavy atom. The van der Waals surface area contributed by atoms with Crippen molar-refractivity contribution >= 4 is 23.2 Å². The molecule has 0 amide bonds. The van der Waals surface area contributed by atoms with Crippen LogP contribution in [-0.2, 0) is 6.54 Å². The molecule has 0 unspecified atom stereocenters. The molecule has 0 spiro atoms. The molecular formula is C24H25F2N4+. The predicted molar refractivity (Wildman–Crippen MR) is 119 cm³/mol. The second-order valence-electron chi connectivity index (χ2n) is 6.85. The molecule has 0 aromatic heterocycles. The molecule has 4 nitrogen and oxygen atoms in total. The van der Waals surface area contributed by atoms with Crippen LogP contribution in [0.2, 0.25) is 0 Å². The summed E-state index contributed by atoms with van der Waals surface area (Å²) < 4.78 is 27.3. The number of anilines is 2. The molecule has 0 aliphatic carbocycles. The lowest BCUT2D eigenvalue weighted by atomic mass is 10.0. The molecule has 0 bridgehead atoms. The van der Waals surface area contributed by atoms with E-state index in [0.29, 0.717) is 30.1 Å². The first-order valence-electron chi connectivity index (χ1n) is 9.67. The van der Waals surface area contributed by atoms with Gasteiger partial charge in [-0.05, 0) is 41.5 Å². The first-order chi connectivity index (χ1) is 14.5. The van der Waals surface area contributed by atoms with Gasteiger partial charge in [0, 0.05) is 31.4 Å². The van der Waals surface area contributed by atoms with Crippen LogP contribution in [0.3, 0.4) is 0 Å². The lowest BCUT2D eigenvalue weighted by Gasteiger charge is -2.11. The van der Waals surface area contributed by atoms with E-state index in [1.807, 2.05) is 30.3 Å². The van der Waals surface area contributed by atoms with E-state index in [2.05, 4.69) is 10.6 Å². The van der Waals surface area contributed by atoms with E-state index >= 15 is 0 Å². The number of rotatable bonds is 9. The minimum atomic E-state index is -0.436. The maximum absolute atomic E-state index is 14.3. The van der Waals surface area contributed by atoms with Crippen LogP contribution in [0.25, 0.3) is 6.08 Å². The van der Waals surface area contributed by atoms with Gasteiger partial charge >= 0.3 is 0 Å². The fourth-order valence-electron chi connectivity index (χ4n) is 2.94. The molecule has 3 aromatic carbocycles. The zero-order chi connectivity index (χ0) is 21.3. The molecule has 0 aliphatic rings. The van der Waals surface area contributed by atoms with Gasteiger partial charge in [-0.1, -0.05) is 42.5 Å². The lowest BCUT2D eigenvalue weighted by molar-refractivity contribution is -0.110. The van der Waals surface area contributed by atoms with Gasteiger partial charge in [-0.3, -0.25) is 5.41 Å². The fourth-order valence-corrected chi connectivity index (χ4v) is 2.94. The van der Waals surface area contributed by atoms with Crippen molar-refractivity contribution in [3.63, 3.8) is 0 Å². The third kappa shape index (κ3) is 5.99. The summed E-state index contributed by atoms with van der Waals surface area (Å²) in [7, 11) is 0. The highest BCUT2D eigenvalue weighted by Gasteiger charge is 2.13. The summed E-state index contributed by atoms with van der Waals surface area (Å²) >= 11 is 0. The topological polar surface area (TPSA) is 75.7 Å². The molecule has 6 N–H and O–H groups in total. The Morgan fingerprint density at radius 3 is 2.43 bits per heavy atom. The van der Waals surface area contributed by atoms with Crippen molar-refractivity contribution in [2.24, 2.45) is 0 Å². The summed E-state index contributed by atoms with van der Waals surface area (Å²) in [5.41, 5.74) is 9.45. The Morgan fingerprint density at radius 1 is 0.967 bits per heavy atom. The fraction of sp³-hybridized carbons (Fsp3) is 0.125. The molecular weight excluding hydrogens is 382 g/mol. The van der Waals surface area contributed by atoms with Gasteiger partial charge in [0.25, 0.3) is 0 Å². The van der Waals surface area contributed by atoms with Crippen LogP contribution in [0.1, 0.15) is 16.7 Å². The highest BCUT2D eigenvalue weighted by molar-refractivity contribution is 6.10. The lowest BCUT2D eigenvalue weighted by Crippen LogP contribution is -2.39. The van der Waals surface area contributed by atoms with Gasteiger partial charge in [0.1, 0.15) is 11.6 Å². The third-order valence-corrected chi connectivity index (χ3v) is 4.56. The smallest absolute Gasteiger partial charge is 0.206 e. The molecule has 154 valence electrons. The predicted octanol–water partition coefficient (Wildman–Crippen LogP) is 3.01. The molecule has 0 saturated carbocycles. The van der Waals surface area contributed by atoms with Crippen molar-refractivity contribution in [2.75, 3.05) is 24.1 Å². The van der Waals surface area contributed by atoms with Gasteiger partial charge in [-0.15, -0.1) is 0 Å². The van der Waals surface area contributed by atoms with Crippen molar-refractivity contribution in [3.8, 4) is 0 Å². The molecule has 0 atom stereocenters. The number of hydrogen-bond donors (Lipinski definition) is 4. The molecule has 0 saturated heterocycles. The van der Waals surface area contributed by atoms with E-state index in [1.165, 1.54) is 23.8 Å². The summed E-state index contributed by atoms with van der Waals surface area (Å²) in [4.78, 5) is 0. The van der Waals surface area contributed by atoms with Crippen LogP contribution >= 0.6 is 0 Å². The number of nitrogens with one attached hydrogen (secondary N) is 2. The maximum Gasteiger partial charge on any atom is 0.206 e. The Hall–Kier alpha value is -3.51. The van der Waals surface area contributed by atoms with Crippen molar-refractivity contribution < 1.29 is 14.2 Å². The van der Waals surface area contributed by atoms with Crippen molar-refractivity contribution in [1.29, 1.82) is 0 Å². The highest BCUT2D eigenvalue weighted by atomic mass is 19.1. The van der Waals surface area contributed by atoms with Gasteiger partial charge in [0.15, 0.2) is 0 Å². The molecule has 3 aromatic rings. The van der Waals surface area contributed by atoms with Crippen LogP contribution in [-0.4, -0.2) is 18.8 Å². The van der Waals surface area contributed by atoms with Gasteiger partial charge in [-0.25, -0.2) is 8.78 Å². The van der Waals surface area contributed by atoms with E-state index in [-0.39, 0.29) is 11.5 Å². The van der Waals surface area contributed by atoms with Crippen LogP contribution in [0.4, 0.5) is 20.2 Å². The number of nitrogen functional groups attached to an aromatic ring is 1. The number of benzene rings is 3. The molecule has 0 radical (unpaired) electrons. The largest absolute Gasteiger partial charge is 0.398 e. The maximum atomic E-state index is 14.3. The van der Waals surface area contributed by atoms with E-state index in [1.54, 1.807) is 30.4 Å². The van der Waals surface area contributed by atoms with Crippen LogP contribution in [0.15, 0.2) is 72.8 Å². The quantitative estimate of drug-likeness (QED) is 0.250. The average molecular weight is 407 g/mol. The average Bonchev–Trinajstić information content (AvgIpc) is 2.75. The molecule has 6 heteroatoms. The van der Waals surface area contributed by atoms with Gasteiger partial charge < -0.3 is 16.4 Å². The zero-order valence-electron chi connectivity index (χ0n) is 16.5. The van der Waals surface area contributed by atoms with Gasteiger partial charge in [0.05, 0.1) is 11.3 Å². The minimum absolute atomic E-state index is 0.251. The third-order valence-electron chi connectivity index (χ3n) is 4.56. The van der Waals surface area contributed by atoms with Crippen LogP contribution in [0, 0.1) is 11.6 Å². The zero-order valence-corrected chi connectivity index (χ0v) is 16.5. The highest BCUT2D eigenvalue weighted by Crippen LogP contribution is 2.22. The first-order valence-corrected chi connectivity index (χ1v) is 9.67. The number of nitrogens with two attached hydrogens (primary N) is 2.